The highest BCUT2D eigenvalue weighted by Crippen LogP contribution is 2.33. The van der Waals surface area contributed by atoms with Crippen molar-refractivity contribution < 1.29 is 28.6 Å². The molecule has 0 aromatic carbocycles. The maximum Gasteiger partial charge on any atom is 0.348 e. The minimum Gasteiger partial charge on any atom is -0.465 e. The van der Waals surface area contributed by atoms with Gasteiger partial charge in [-0.2, -0.15) is 0 Å². The predicted octanol–water partition coefficient (Wildman–Crippen LogP) is 2.98. The molecule has 0 saturated heterocycles. The van der Waals surface area contributed by atoms with E-state index in [0.29, 0.717) is 9.21 Å². The van der Waals surface area contributed by atoms with Crippen molar-refractivity contribution in [3.05, 3.63) is 37.4 Å². The summed E-state index contributed by atoms with van der Waals surface area (Å²) in [5.74, 6) is -2.06. The van der Waals surface area contributed by atoms with Crippen LogP contribution in [0.1, 0.15) is 35.3 Å². The van der Waals surface area contributed by atoms with E-state index in [1.54, 1.807) is 6.07 Å². The van der Waals surface area contributed by atoms with Crippen LogP contribution in [0.25, 0.3) is 0 Å². The lowest BCUT2D eigenvalue weighted by molar-refractivity contribution is 0.0457. The summed E-state index contributed by atoms with van der Waals surface area (Å²) in [6.45, 7) is -0.336. The Balaban J connectivity index is 2.31. The van der Waals surface area contributed by atoms with Crippen LogP contribution in [0, 0.1) is 0 Å². The van der Waals surface area contributed by atoms with Gasteiger partial charge in [-0.15, -0.1) is 22.7 Å². The second kappa shape index (κ2) is 7.65. The number of ether oxygens (including phenoxy) is 3. The normalized spacial score (nSPS) is 10.3. The Labute approximate surface area is 149 Å². The molecular formula is C14H12ClNO6S2. The number of esters is 3. The second-order valence-electron chi connectivity index (χ2n) is 4.31. The summed E-state index contributed by atoms with van der Waals surface area (Å²) < 4.78 is 14.9. The Hall–Kier alpha value is -2.10. The highest BCUT2D eigenvalue weighted by atomic mass is 35.5. The Bertz CT molecular complexity index is 797. The number of anilines is 1. The molecule has 0 bridgehead atoms. The summed E-state index contributed by atoms with van der Waals surface area (Å²) >= 11 is 7.68. The van der Waals surface area contributed by atoms with Crippen LogP contribution in [0.2, 0.25) is 4.34 Å². The van der Waals surface area contributed by atoms with Crippen LogP contribution >= 0.6 is 34.3 Å². The van der Waals surface area contributed by atoms with Gasteiger partial charge >= 0.3 is 17.9 Å². The fourth-order valence-corrected chi connectivity index (χ4v) is 3.76. The summed E-state index contributed by atoms with van der Waals surface area (Å²) in [5, 5.41) is 0.0764. The highest BCUT2D eigenvalue weighted by Gasteiger charge is 2.28. The van der Waals surface area contributed by atoms with Crippen molar-refractivity contribution in [3.8, 4) is 0 Å². The van der Waals surface area contributed by atoms with Gasteiger partial charge in [0.1, 0.15) is 26.9 Å². The summed E-state index contributed by atoms with van der Waals surface area (Å²) in [6, 6.07) is 3.07. The highest BCUT2D eigenvalue weighted by molar-refractivity contribution is 7.18. The van der Waals surface area contributed by atoms with Gasteiger partial charge in [0, 0.05) is 5.56 Å². The van der Waals surface area contributed by atoms with E-state index >= 15 is 0 Å². The molecule has 2 aromatic rings. The number of carbonyl (C=O) groups excluding carboxylic acids is 3. The number of carbonyl (C=O) groups is 3. The minimum atomic E-state index is -0.732. The number of hydrogen-bond acceptors (Lipinski definition) is 9. The van der Waals surface area contributed by atoms with Gasteiger partial charge in [-0.1, -0.05) is 11.6 Å². The molecule has 0 radical (unpaired) electrons. The van der Waals surface area contributed by atoms with Gasteiger partial charge in [-0.05, 0) is 12.1 Å². The van der Waals surface area contributed by atoms with E-state index < -0.39 is 17.9 Å². The van der Waals surface area contributed by atoms with E-state index in [4.69, 9.17) is 22.1 Å². The first-order chi connectivity index (χ1) is 11.4. The van der Waals surface area contributed by atoms with Gasteiger partial charge in [0.15, 0.2) is 0 Å². The number of thiophene rings is 2. The zero-order valence-electron chi connectivity index (χ0n) is 12.6. The molecule has 0 saturated carbocycles. The second-order valence-corrected chi connectivity index (χ2v) is 7.08. The van der Waals surface area contributed by atoms with E-state index in [2.05, 4.69) is 9.47 Å². The first-order valence-corrected chi connectivity index (χ1v) is 8.40. The number of nitrogens with two attached hydrogens (primary N) is 1. The smallest absolute Gasteiger partial charge is 0.348 e. The van der Waals surface area contributed by atoms with Gasteiger partial charge in [-0.3, -0.25) is 0 Å². The molecule has 0 atom stereocenters. The van der Waals surface area contributed by atoms with Crippen LogP contribution in [0.5, 0.6) is 0 Å². The lowest BCUT2D eigenvalue weighted by atomic mass is 10.1. The molecule has 2 N–H and O–H groups in total. The van der Waals surface area contributed by atoms with E-state index in [1.165, 1.54) is 20.3 Å². The van der Waals surface area contributed by atoms with Crippen LogP contribution in [-0.4, -0.2) is 32.1 Å². The molecule has 2 rings (SSSR count). The molecule has 0 aliphatic heterocycles. The van der Waals surface area contributed by atoms with Crippen molar-refractivity contribution in [1.82, 2.24) is 0 Å². The Morgan fingerprint density at radius 2 is 1.75 bits per heavy atom. The molecule has 128 valence electrons. The number of methoxy groups -OCH3 is 2. The van der Waals surface area contributed by atoms with Gasteiger partial charge in [0.2, 0.25) is 0 Å². The average molecular weight is 390 g/mol. The van der Waals surface area contributed by atoms with Crippen molar-refractivity contribution in [1.29, 1.82) is 0 Å². The first-order valence-electron chi connectivity index (χ1n) is 6.39. The number of halogens is 1. The molecule has 0 aliphatic carbocycles. The average Bonchev–Trinajstić information content (AvgIpc) is 3.14. The van der Waals surface area contributed by atoms with Crippen molar-refractivity contribution in [2.75, 3.05) is 20.0 Å². The third-order valence-corrected chi connectivity index (χ3v) is 5.17. The van der Waals surface area contributed by atoms with Gasteiger partial charge in [-0.25, -0.2) is 14.4 Å². The van der Waals surface area contributed by atoms with Crippen LogP contribution < -0.4 is 5.73 Å². The Kier molecular flexibility index (Phi) is 5.81. The van der Waals surface area contributed by atoms with Gasteiger partial charge in [0.25, 0.3) is 0 Å². The number of rotatable bonds is 5. The molecule has 0 spiro atoms. The Morgan fingerprint density at radius 1 is 1.08 bits per heavy atom. The van der Waals surface area contributed by atoms with Gasteiger partial charge < -0.3 is 19.9 Å². The molecule has 0 aliphatic rings. The molecule has 0 unspecified atom stereocenters. The minimum absolute atomic E-state index is 0.0140. The molecule has 0 fully saturated rings. The lowest BCUT2D eigenvalue weighted by Crippen LogP contribution is -2.12. The summed E-state index contributed by atoms with van der Waals surface area (Å²) in [6.07, 6.45) is 0. The largest absolute Gasteiger partial charge is 0.465 e. The molecule has 7 nitrogen and oxygen atoms in total. The number of nitrogen functional groups attached to an aromatic ring is 1. The van der Waals surface area contributed by atoms with Crippen molar-refractivity contribution >= 4 is 57.2 Å². The SMILES string of the molecule is COC(=O)c1sc(N)c(C(=O)OC)c1COC(=O)c1ccc(Cl)s1. The maximum absolute atomic E-state index is 12.0. The van der Waals surface area contributed by atoms with Crippen molar-refractivity contribution in [2.24, 2.45) is 0 Å². The third kappa shape index (κ3) is 3.69. The monoisotopic (exact) mass is 389 g/mol. The summed E-state index contributed by atoms with van der Waals surface area (Å²) in [4.78, 5) is 36.1. The van der Waals surface area contributed by atoms with Crippen LogP contribution in [0.15, 0.2) is 12.1 Å². The Morgan fingerprint density at radius 3 is 2.29 bits per heavy atom. The maximum atomic E-state index is 12.0. The number of hydrogen-bond donors (Lipinski definition) is 1. The van der Waals surface area contributed by atoms with E-state index in [1.807, 2.05) is 0 Å². The fraction of sp³-hybridized carbons (Fsp3) is 0.214. The van der Waals surface area contributed by atoms with Crippen LogP contribution in [0.4, 0.5) is 5.00 Å². The third-order valence-electron chi connectivity index (χ3n) is 2.92. The quantitative estimate of drug-likeness (QED) is 0.619. The van der Waals surface area contributed by atoms with Gasteiger partial charge in [0.05, 0.1) is 18.6 Å². The molecule has 0 amide bonds. The summed E-state index contributed by atoms with van der Waals surface area (Å²) in [7, 11) is 2.38. The molecule has 10 heteroatoms. The summed E-state index contributed by atoms with van der Waals surface area (Å²) in [5.41, 5.74) is 5.92. The molecular weight excluding hydrogens is 378 g/mol. The van der Waals surface area contributed by atoms with E-state index in [0.717, 1.165) is 22.7 Å². The van der Waals surface area contributed by atoms with Crippen molar-refractivity contribution in [3.63, 3.8) is 0 Å². The standard InChI is InChI=1S/C14H12ClNO6S2/c1-20-13(18)9-6(10(14(19)21-2)24-11(9)16)5-22-12(17)7-3-4-8(15)23-7/h3-4H,5,16H2,1-2H3. The predicted molar refractivity (Wildman–Crippen MR) is 89.9 cm³/mol. The topological polar surface area (TPSA) is 105 Å². The molecule has 24 heavy (non-hydrogen) atoms. The van der Waals surface area contributed by atoms with Crippen molar-refractivity contribution in [2.45, 2.75) is 6.61 Å². The first kappa shape index (κ1) is 18.2. The zero-order valence-corrected chi connectivity index (χ0v) is 15.0. The van der Waals surface area contributed by atoms with E-state index in [9.17, 15) is 14.4 Å². The van der Waals surface area contributed by atoms with Crippen LogP contribution in [0.3, 0.4) is 0 Å². The molecule has 2 heterocycles. The molecule has 2 aromatic heterocycles. The lowest BCUT2D eigenvalue weighted by Gasteiger charge is -2.07. The van der Waals surface area contributed by atoms with Crippen LogP contribution in [-0.2, 0) is 20.8 Å². The fourth-order valence-electron chi connectivity index (χ4n) is 1.84. The zero-order chi connectivity index (χ0) is 17.9. The van der Waals surface area contributed by atoms with E-state index in [-0.39, 0.29) is 27.6 Å².